The van der Waals surface area contributed by atoms with Crippen LogP contribution in [0.2, 0.25) is 0 Å². The predicted molar refractivity (Wildman–Crippen MR) is 144 cm³/mol. The van der Waals surface area contributed by atoms with Gasteiger partial charge >= 0.3 is 6.03 Å². The van der Waals surface area contributed by atoms with Crippen molar-refractivity contribution in [2.24, 2.45) is 0 Å². The van der Waals surface area contributed by atoms with E-state index in [1.165, 1.54) is 20.4 Å². The molecule has 1 aliphatic heterocycles. The van der Waals surface area contributed by atoms with Gasteiger partial charge in [0.25, 0.3) is 0 Å². The normalized spacial score (nSPS) is 12.7. The highest BCUT2D eigenvalue weighted by Crippen LogP contribution is 2.32. The van der Waals surface area contributed by atoms with E-state index >= 15 is 0 Å². The molecule has 0 aliphatic carbocycles. The Bertz CT molecular complexity index is 1160. The lowest BCUT2D eigenvalue weighted by Crippen LogP contribution is -2.40. The number of urea groups is 1. The van der Waals surface area contributed by atoms with Gasteiger partial charge in [0, 0.05) is 59.7 Å². The first-order chi connectivity index (χ1) is 18.4. The summed E-state index contributed by atoms with van der Waals surface area (Å²) in [6, 6.07) is 5.27. The maximum Gasteiger partial charge on any atom is 0.328 e. The van der Waals surface area contributed by atoms with Crippen LogP contribution in [0.25, 0.3) is 0 Å². The minimum absolute atomic E-state index is 0.313. The molecule has 0 saturated heterocycles. The van der Waals surface area contributed by atoms with E-state index in [0.29, 0.717) is 48.2 Å². The van der Waals surface area contributed by atoms with Crippen LogP contribution in [0.15, 0.2) is 18.3 Å². The number of fused-ring (bicyclic) bond motifs is 1. The molecule has 12 nitrogen and oxygen atoms in total. The molecule has 1 aliphatic rings. The molecular weight excluding hydrogens is 488 g/mol. The van der Waals surface area contributed by atoms with Crippen molar-refractivity contribution in [3.63, 3.8) is 0 Å². The van der Waals surface area contributed by atoms with E-state index in [2.05, 4.69) is 33.5 Å². The first-order valence-electron chi connectivity index (χ1n) is 12.5. The van der Waals surface area contributed by atoms with Gasteiger partial charge in [0.15, 0.2) is 0 Å². The summed E-state index contributed by atoms with van der Waals surface area (Å²) in [7, 11) is 6.75. The molecule has 0 aromatic carbocycles. The fraction of sp³-hybridized carbons (Fsp3) is 0.500. The second-order valence-corrected chi connectivity index (χ2v) is 8.95. The third-order valence-electron chi connectivity index (χ3n) is 6.53. The number of pyridine rings is 2. The molecule has 38 heavy (non-hydrogen) atoms. The summed E-state index contributed by atoms with van der Waals surface area (Å²) in [4.78, 5) is 39.6. The number of rotatable bonds is 12. The number of carbonyl (C=O) groups excluding carboxylic acids is 2. The zero-order valence-electron chi connectivity index (χ0n) is 22.7. The molecule has 12 heteroatoms. The average molecular weight is 525 g/mol. The number of hydrogen-bond donors (Lipinski definition) is 2. The van der Waals surface area contributed by atoms with Gasteiger partial charge in [-0.05, 0) is 43.6 Å². The minimum Gasteiger partial charge on any atom is -0.387 e. The van der Waals surface area contributed by atoms with Gasteiger partial charge in [0.1, 0.15) is 23.4 Å². The second kappa shape index (κ2) is 13.7. The van der Waals surface area contributed by atoms with Gasteiger partial charge in [-0.3, -0.25) is 15.0 Å². The number of nitriles is 1. The van der Waals surface area contributed by atoms with Crippen LogP contribution in [0.3, 0.4) is 0 Å². The largest absolute Gasteiger partial charge is 0.387 e. The van der Waals surface area contributed by atoms with Crippen molar-refractivity contribution in [3.05, 3.63) is 40.7 Å². The molecule has 0 spiro atoms. The molecule has 0 saturated carbocycles. The SMILES string of the molecule is CCN(C)CCN(C=O)Cc1cc2c(nc1C(OC)OC)N(C(=O)Nc1cc(NC)c(C#N)cn1)CCC2. The van der Waals surface area contributed by atoms with Crippen molar-refractivity contribution in [2.45, 2.75) is 32.6 Å². The third kappa shape index (κ3) is 6.74. The summed E-state index contributed by atoms with van der Waals surface area (Å²) >= 11 is 0. The number of nitrogens with zero attached hydrogens (tertiary/aromatic N) is 6. The molecule has 0 bridgehead atoms. The summed E-state index contributed by atoms with van der Waals surface area (Å²) < 4.78 is 11.0. The first-order valence-corrected chi connectivity index (χ1v) is 12.5. The van der Waals surface area contributed by atoms with Crippen molar-refractivity contribution < 1.29 is 19.1 Å². The van der Waals surface area contributed by atoms with Gasteiger partial charge in [-0.15, -0.1) is 0 Å². The van der Waals surface area contributed by atoms with Crippen LogP contribution in [0.5, 0.6) is 0 Å². The zero-order valence-corrected chi connectivity index (χ0v) is 22.7. The summed E-state index contributed by atoms with van der Waals surface area (Å²) in [5.74, 6) is 0.824. The van der Waals surface area contributed by atoms with E-state index in [1.807, 2.05) is 13.1 Å². The fourth-order valence-electron chi connectivity index (χ4n) is 4.25. The standard InChI is InChI=1S/C26H36N8O4/c1-6-32(3)10-11-33(17-35)16-19-12-18-8-7-9-34(24(18)31-23(19)25(37-4)38-5)26(36)30-22-13-21(28-2)20(14-27)15-29-22/h12-13,15,17,25H,6-11,16H2,1-5H3,(H2,28,29,30,36). The van der Waals surface area contributed by atoms with Crippen molar-refractivity contribution in [2.75, 3.05) is 70.0 Å². The van der Waals surface area contributed by atoms with E-state index in [4.69, 9.17) is 14.5 Å². The number of aryl methyl sites for hydroxylation is 1. The number of amides is 3. The lowest BCUT2D eigenvalue weighted by molar-refractivity contribution is -0.119. The Morgan fingerprint density at radius 2 is 2.08 bits per heavy atom. The first kappa shape index (κ1) is 28.8. The lowest BCUT2D eigenvalue weighted by atomic mass is 10.0. The lowest BCUT2D eigenvalue weighted by Gasteiger charge is -2.31. The third-order valence-corrected chi connectivity index (χ3v) is 6.53. The highest BCUT2D eigenvalue weighted by atomic mass is 16.7. The molecule has 3 heterocycles. The average Bonchev–Trinajstić information content (AvgIpc) is 2.95. The zero-order chi connectivity index (χ0) is 27.7. The Morgan fingerprint density at radius 3 is 2.71 bits per heavy atom. The number of carbonyl (C=O) groups is 2. The minimum atomic E-state index is -0.771. The highest BCUT2D eigenvalue weighted by molar-refractivity contribution is 6.01. The maximum absolute atomic E-state index is 13.3. The monoisotopic (exact) mass is 524 g/mol. The van der Waals surface area contributed by atoms with Crippen molar-refractivity contribution in [1.29, 1.82) is 5.26 Å². The van der Waals surface area contributed by atoms with E-state index in [9.17, 15) is 14.9 Å². The molecule has 0 fully saturated rings. The molecule has 3 amide bonds. The predicted octanol–water partition coefficient (Wildman–Crippen LogP) is 2.58. The molecular formula is C26H36N8O4. The van der Waals surface area contributed by atoms with E-state index in [-0.39, 0.29) is 6.03 Å². The summed E-state index contributed by atoms with van der Waals surface area (Å²) in [5.41, 5.74) is 3.16. The van der Waals surface area contributed by atoms with Crippen LogP contribution < -0.4 is 15.5 Å². The number of anilines is 3. The van der Waals surface area contributed by atoms with Crippen LogP contribution in [0.4, 0.5) is 22.1 Å². The number of likely N-dealkylation sites (N-methyl/N-ethyl adjacent to an activating group) is 1. The van der Waals surface area contributed by atoms with Gasteiger partial charge in [0.2, 0.25) is 12.7 Å². The molecule has 2 aromatic heterocycles. The van der Waals surface area contributed by atoms with Crippen molar-refractivity contribution in [1.82, 2.24) is 19.8 Å². The van der Waals surface area contributed by atoms with Gasteiger partial charge in [-0.1, -0.05) is 6.92 Å². The van der Waals surface area contributed by atoms with Gasteiger partial charge < -0.3 is 24.6 Å². The van der Waals surface area contributed by atoms with Crippen LogP contribution in [-0.2, 0) is 27.2 Å². The van der Waals surface area contributed by atoms with Crippen LogP contribution in [0, 0.1) is 11.3 Å². The summed E-state index contributed by atoms with van der Waals surface area (Å²) in [6.45, 7) is 5.07. The topological polar surface area (TPSA) is 136 Å². The van der Waals surface area contributed by atoms with Crippen LogP contribution in [-0.4, -0.2) is 86.7 Å². The van der Waals surface area contributed by atoms with E-state index in [0.717, 1.165) is 43.5 Å². The van der Waals surface area contributed by atoms with Gasteiger partial charge in [-0.2, -0.15) is 5.26 Å². The Hall–Kier alpha value is -3.79. The highest BCUT2D eigenvalue weighted by Gasteiger charge is 2.29. The molecule has 204 valence electrons. The molecule has 2 aromatic rings. The van der Waals surface area contributed by atoms with Crippen molar-refractivity contribution in [3.8, 4) is 6.07 Å². The van der Waals surface area contributed by atoms with Crippen LogP contribution >= 0.6 is 0 Å². The summed E-state index contributed by atoms with van der Waals surface area (Å²) in [5, 5.41) is 15.0. The Balaban J connectivity index is 1.92. The second-order valence-electron chi connectivity index (χ2n) is 8.95. The number of nitrogens with one attached hydrogen (secondary N) is 2. The molecule has 2 N–H and O–H groups in total. The smallest absolute Gasteiger partial charge is 0.328 e. The quantitative estimate of drug-likeness (QED) is 0.317. The molecule has 3 rings (SSSR count). The molecule has 0 unspecified atom stereocenters. The number of methoxy groups -OCH3 is 2. The Morgan fingerprint density at radius 1 is 1.32 bits per heavy atom. The molecule has 0 radical (unpaired) electrons. The Labute approximate surface area is 223 Å². The van der Waals surface area contributed by atoms with Crippen molar-refractivity contribution >= 4 is 29.8 Å². The van der Waals surface area contributed by atoms with Crippen LogP contribution in [0.1, 0.15) is 42.0 Å². The number of ether oxygens (including phenoxy) is 2. The van der Waals surface area contributed by atoms with E-state index in [1.54, 1.807) is 22.9 Å². The maximum atomic E-state index is 13.3. The summed E-state index contributed by atoms with van der Waals surface area (Å²) in [6.07, 6.45) is 2.97. The number of hydrogen-bond acceptors (Lipinski definition) is 9. The Kier molecular flexibility index (Phi) is 10.3. The fourth-order valence-corrected chi connectivity index (χ4v) is 4.25. The number of aromatic nitrogens is 2. The van der Waals surface area contributed by atoms with E-state index < -0.39 is 6.29 Å². The van der Waals surface area contributed by atoms with Gasteiger partial charge in [-0.25, -0.2) is 14.8 Å². The van der Waals surface area contributed by atoms with Gasteiger partial charge in [0.05, 0.1) is 11.3 Å². The molecule has 0 atom stereocenters.